The van der Waals surface area contributed by atoms with Gasteiger partial charge in [0, 0.05) is 5.41 Å². The van der Waals surface area contributed by atoms with Crippen LogP contribution in [0.1, 0.15) is 40.0 Å². The first-order valence-electron chi connectivity index (χ1n) is 5.87. The summed E-state index contributed by atoms with van der Waals surface area (Å²) in [5.74, 6) is -1.69. The average Bonchev–Trinajstić information content (AvgIpc) is 2.49. The molecule has 0 spiro atoms. The highest BCUT2D eigenvalue weighted by Gasteiger charge is 2.63. The molecule has 5 heteroatoms. The lowest BCUT2D eigenvalue weighted by molar-refractivity contribution is -0.210. The summed E-state index contributed by atoms with van der Waals surface area (Å²) in [6, 6.07) is 0. The highest BCUT2D eigenvalue weighted by Crippen LogP contribution is 2.66. The molecule has 0 aliphatic heterocycles. The van der Waals surface area contributed by atoms with Gasteiger partial charge in [0.05, 0.1) is 0 Å². The third kappa shape index (κ3) is 1.66. The summed E-state index contributed by atoms with van der Waals surface area (Å²) in [6.45, 7) is 6.06. The van der Waals surface area contributed by atoms with Gasteiger partial charge in [0.1, 0.15) is 6.10 Å². The molecule has 0 radical (unpaired) electrons. The molecule has 3 atom stereocenters. The summed E-state index contributed by atoms with van der Waals surface area (Å²) < 4.78 is 41.2. The van der Waals surface area contributed by atoms with E-state index in [9.17, 15) is 18.0 Å². The summed E-state index contributed by atoms with van der Waals surface area (Å²) >= 11 is 0. The molecular weight excluding hydrogens is 233 g/mol. The van der Waals surface area contributed by atoms with Crippen molar-refractivity contribution in [1.29, 1.82) is 0 Å². The van der Waals surface area contributed by atoms with Crippen LogP contribution in [0.5, 0.6) is 0 Å². The third-order valence-electron chi connectivity index (χ3n) is 5.19. The lowest BCUT2D eigenvalue weighted by Crippen LogP contribution is -2.41. The van der Waals surface area contributed by atoms with Crippen LogP contribution in [0.2, 0.25) is 0 Å². The van der Waals surface area contributed by atoms with Crippen LogP contribution in [0.15, 0.2) is 0 Å². The highest BCUT2D eigenvalue weighted by molar-refractivity contribution is 5.75. The molecule has 0 amide bonds. The Morgan fingerprint density at radius 1 is 1.29 bits per heavy atom. The van der Waals surface area contributed by atoms with Gasteiger partial charge in [-0.15, -0.1) is 0 Å². The number of rotatable bonds is 1. The molecule has 0 aromatic rings. The number of carbonyl (C=O) groups is 1. The van der Waals surface area contributed by atoms with Crippen molar-refractivity contribution < 1.29 is 22.7 Å². The largest absolute Gasteiger partial charge is 0.490 e. The van der Waals surface area contributed by atoms with Crippen molar-refractivity contribution in [2.45, 2.75) is 52.3 Å². The lowest BCUT2D eigenvalue weighted by Gasteiger charge is -2.38. The Balaban J connectivity index is 2.14. The first-order chi connectivity index (χ1) is 7.59. The monoisotopic (exact) mass is 250 g/mol. The van der Waals surface area contributed by atoms with Crippen molar-refractivity contribution in [3.05, 3.63) is 0 Å². The molecule has 2 aliphatic rings. The minimum absolute atomic E-state index is 0.0520. The molecule has 0 aromatic heterocycles. The predicted molar refractivity (Wildman–Crippen MR) is 55.2 cm³/mol. The fourth-order valence-corrected chi connectivity index (χ4v) is 3.50. The number of ether oxygens (including phenoxy) is 1. The lowest BCUT2D eigenvalue weighted by atomic mass is 9.70. The van der Waals surface area contributed by atoms with Gasteiger partial charge in [-0.2, -0.15) is 13.2 Å². The molecular formula is C12H17F3O2. The number of hydrogen-bond donors (Lipinski definition) is 0. The fourth-order valence-electron chi connectivity index (χ4n) is 3.50. The number of hydrogen-bond acceptors (Lipinski definition) is 2. The fraction of sp³-hybridized carbons (Fsp3) is 0.917. The van der Waals surface area contributed by atoms with Crippen molar-refractivity contribution in [1.82, 2.24) is 0 Å². The van der Waals surface area contributed by atoms with Gasteiger partial charge in [-0.25, -0.2) is 4.79 Å². The second kappa shape index (κ2) is 3.39. The Labute approximate surface area is 98.5 Å². The molecule has 98 valence electrons. The average molecular weight is 250 g/mol. The van der Waals surface area contributed by atoms with Crippen LogP contribution in [0, 0.1) is 16.7 Å². The van der Waals surface area contributed by atoms with Gasteiger partial charge < -0.3 is 4.74 Å². The molecule has 2 rings (SSSR count). The number of esters is 1. The number of alkyl halides is 3. The maximum atomic E-state index is 12.2. The van der Waals surface area contributed by atoms with Crippen molar-refractivity contribution in [2.75, 3.05) is 0 Å². The van der Waals surface area contributed by atoms with E-state index in [1.54, 1.807) is 0 Å². The summed E-state index contributed by atoms with van der Waals surface area (Å²) in [4.78, 5) is 10.9. The van der Waals surface area contributed by atoms with Crippen LogP contribution in [-0.2, 0) is 9.53 Å². The van der Waals surface area contributed by atoms with Crippen molar-refractivity contribution in [3.8, 4) is 0 Å². The Morgan fingerprint density at radius 3 is 2.24 bits per heavy atom. The van der Waals surface area contributed by atoms with Crippen LogP contribution >= 0.6 is 0 Å². The Hall–Kier alpha value is -0.740. The molecule has 0 unspecified atom stereocenters. The van der Waals surface area contributed by atoms with Crippen LogP contribution in [0.4, 0.5) is 13.2 Å². The molecule has 0 N–H and O–H groups in total. The number of fused-ring (bicyclic) bond motifs is 2. The van der Waals surface area contributed by atoms with E-state index in [1.807, 2.05) is 6.92 Å². The van der Waals surface area contributed by atoms with E-state index in [0.29, 0.717) is 12.3 Å². The van der Waals surface area contributed by atoms with E-state index in [0.717, 1.165) is 12.8 Å². The summed E-state index contributed by atoms with van der Waals surface area (Å²) in [7, 11) is 0. The smallest absolute Gasteiger partial charge is 0.455 e. The third-order valence-corrected chi connectivity index (χ3v) is 5.19. The summed E-state index contributed by atoms with van der Waals surface area (Å²) in [5, 5.41) is 0. The molecule has 0 saturated heterocycles. The van der Waals surface area contributed by atoms with E-state index < -0.39 is 18.2 Å². The normalized spacial score (nSPS) is 39.4. The van der Waals surface area contributed by atoms with Gasteiger partial charge in [-0.05, 0) is 30.6 Å². The molecule has 17 heavy (non-hydrogen) atoms. The molecule has 0 heterocycles. The first kappa shape index (κ1) is 12.7. The Bertz CT molecular complexity index is 348. The minimum Gasteiger partial charge on any atom is -0.455 e. The second-order valence-corrected chi connectivity index (χ2v) is 6.00. The molecule has 2 fully saturated rings. The highest BCUT2D eigenvalue weighted by atomic mass is 19.4. The van der Waals surface area contributed by atoms with Gasteiger partial charge in [0.25, 0.3) is 0 Å². The molecule has 2 bridgehead atoms. The zero-order chi connectivity index (χ0) is 13.1. The predicted octanol–water partition coefficient (Wildman–Crippen LogP) is 3.31. The number of halogens is 3. The summed E-state index contributed by atoms with van der Waals surface area (Å²) in [5.41, 5.74) is -0.373. The van der Waals surface area contributed by atoms with Gasteiger partial charge in [0.2, 0.25) is 0 Å². The SMILES string of the molecule is CC1(C)[C@H]2CC[C@]1(C)[C@@H](OC(=O)C(F)(F)F)C2. The van der Waals surface area contributed by atoms with E-state index in [4.69, 9.17) is 0 Å². The van der Waals surface area contributed by atoms with Gasteiger partial charge >= 0.3 is 12.1 Å². The standard InChI is InChI=1S/C12H17F3O2/c1-10(2)7-4-5-11(10,3)8(6-7)17-9(16)12(13,14)15/h7-8H,4-6H2,1-3H3/t7-,8-,11+/m0/s1. The Kier molecular flexibility index (Phi) is 2.53. The van der Waals surface area contributed by atoms with Crippen molar-refractivity contribution in [3.63, 3.8) is 0 Å². The van der Waals surface area contributed by atoms with Crippen LogP contribution < -0.4 is 0 Å². The minimum atomic E-state index is -4.89. The second-order valence-electron chi connectivity index (χ2n) is 6.00. The first-order valence-corrected chi connectivity index (χ1v) is 5.87. The van der Waals surface area contributed by atoms with E-state index in [-0.39, 0.29) is 10.8 Å². The molecule has 2 saturated carbocycles. The topological polar surface area (TPSA) is 26.3 Å². The van der Waals surface area contributed by atoms with Crippen LogP contribution in [-0.4, -0.2) is 18.2 Å². The van der Waals surface area contributed by atoms with Crippen LogP contribution in [0.3, 0.4) is 0 Å². The van der Waals surface area contributed by atoms with E-state index in [1.165, 1.54) is 0 Å². The van der Waals surface area contributed by atoms with E-state index in [2.05, 4.69) is 18.6 Å². The van der Waals surface area contributed by atoms with Gasteiger partial charge in [-0.1, -0.05) is 20.8 Å². The zero-order valence-corrected chi connectivity index (χ0v) is 10.2. The van der Waals surface area contributed by atoms with Gasteiger partial charge in [0.15, 0.2) is 0 Å². The van der Waals surface area contributed by atoms with Gasteiger partial charge in [-0.3, -0.25) is 0 Å². The molecule has 2 aliphatic carbocycles. The molecule has 0 aromatic carbocycles. The van der Waals surface area contributed by atoms with Crippen LogP contribution in [0.25, 0.3) is 0 Å². The maximum absolute atomic E-state index is 12.2. The van der Waals surface area contributed by atoms with Crippen molar-refractivity contribution >= 4 is 5.97 Å². The summed E-state index contributed by atoms with van der Waals surface area (Å²) in [6.07, 6.45) is -3.07. The van der Waals surface area contributed by atoms with Crippen molar-refractivity contribution in [2.24, 2.45) is 16.7 Å². The number of carbonyl (C=O) groups excluding carboxylic acids is 1. The zero-order valence-electron chi connectivity index (χ0n) is 10.2. The van der Waals surface area contributed by atoms with E-state index >= 15 is 0 Å². The quantitative estimate of drug-likeness (QED) is 0.667. The molecule has 2 nitrogen and oxygen atoms in total. The maximum Gasteiger partial charge on any atom is 0.490 e. The Morgan fingerprint density at radius 2 is 1.88 bits per heavy atom.